The summed E-state index contributed by atoms with van der Waals surface area (Å²) >= 11 is 6.28. The van der Waals surface area contributed by atoms with E-state index in [1.165, 1.54) is 11.9 Å². The Kier molecular flexibility index (Phi) is 2.42. The molecule has 1 aliphatic rings. The lowest BCUT2D eigenvalue weighted by molar-refractivity contribution is 0.704. The van der Waals surface area contributed by atoms with Crippen LogP contribution in [0.1, 0.15) is 18.4 Å². The molecule has 0 amide bonds. The highest BCUT2D eigenvalue weighted by Crippen LogP contribution is 2.48. The van der Waals surface area contributed by atoms with E-state index >= 15 is 0 Å². The SMILES string of the molecule is NCC1(c2ccc(-n3cncn3)c(Cl)c2)CC1. The van der Waals surface area contributed by atoms with Crippen LogP contribution in [0.3, 0.4) is 0 Å². The van der Waals surface area contributed by atoms with Crippen LogP contribution in [0, 0.1) is 0 Å². The first-order valence-corrected chi connectivity index (χ1v) is 5.98. The molecule has 2 aromatic rings. The van der Waals surface area contributed by atoms with E-state index in [1.54, 1.807) is 11.0 Å². The molecule has 1 fully saturated rings. The second-order valence-corrected chi connectivity index (χ2v) is 4.90. The number of benzene rings is 1. The molecule has 1 aromatic carbocycles. The van der Waals surface area contributed by atoms with Crippen molar-refractivity contribution in [3.8, 4) is 5.69 Å². The lowest BCUT2D eigenvalue weighted by Gasteiger charge is -2.14. The van der Waals surface area contributed by atoms with E-state index < -0.39 is 0 Å². The predicted octanol–water partition coefficient (Wildman–Crippen LogP) is 1.91. The smallest absolute Gasteiger partial charge is 0.138 e. The van der Waals surface area contributed by atoms with Crippen molar-refractivity contribution in [3.63, 3.8) is 0 Å². The van der Waals surface area contributed by atoms with Gasteiger partial charge in [-0.15, -0.1) is 0 Å². The van der Waals surface area contributed by atoms with Crippen LogP contribution in [0.2, 0.25) is 5.02 Å². The van der Waals surface area contributed by atoms with Gasteiger partial charge in [0.15, 0.2) is 0 Å². The molecule has 1 aliphatic carbocycles. The van der Waals surface area contributed by atoms with Gasteiger partial charge in [0.2, 0.25) is 0 Å². The Bertz CT molecular complexity index is 531. The molecule has 5 heteroatoms. The van der Waals surface area contributed by atoms with Crippen LogP contribution < -0.4 is 5.73 Å². The number of nitrogens with zero attached hydrogens (tertiary/aromatic N) is 3. The largest absolute Gasteiger partial charge is 0.330 e. The quantitative estimate of drug-likeness (QED) is 0.903. The van der Waals surface area contributed by atoms with Gasteiger partial charge in [-0.1, -0.05) is 17.7 Å². The van der Waals surface area contributed by atoms with Crippen molar-refractivity contribution in [1.82, 2.24) is 14.8 Å². The lowest BCUT2D eigenvalue weighted by atomic mass is 9.96. The first-order chi connectivity index (χ1) is 8.25. The Morgan fingerprint density at radius 3 is 2.76 bits per heavy atom. The van der Waals surface area contributed by atoms with E-state index in [0.29, 0.717) is 11.6 Å². The summed E-state index contributed by atoms with van der Waals surface area (Å²) in [7, 11) is 0. The highest BCUT2D eigenvalue weighted by Gasteiger charge is 2.42. The molecule has 1 saturated carbocycles. The van der Waals surface area contributed by atoms with E-state index in [9.17, 15) is 0 Å². The first kappa shape index (κ1) is 10.7. The summed E-state index contributed by atoms with van der Waals surface area (Å²) in [6.07, 6.45) is 5.44. The Morgan fingerprint density at radius 1 is 1.41 bits per heavy atom. The van der Waals surface area contributed by atoms with Gasteiger partial charge in [-0.05, 0) is 30.5 Å². The third kappa shape index (κ3) is 1.73. The number of hydrogen-bond acceptors (Lipinski definition) is 3. The van der Waals surface area contributed by atoms with Crippen molar-refractivity contribution < 1.29 is 0 Å². The Balaban J connectivity index is 2.00. The van der Waals surface area contributed by atoms with Gasteiger partial charge in [0.05, 0.1) is 10.7 Å². The summed E-state index contributed by atoms with van der Waals surface area (Å²) < 4.78 is 1.66. The van der Waals surface area contributed by atoms with Crippen LogP contribution >= 0.6 is 11.6 Å². The molecule has 2 N–H and O–H groups in total. The topological polar surface area (TPSA) is 56.7 Å². The summed E-state index contributed by atoms with van der Waals surface area (Å²) in [5, 5.41) is 4.76. The highest BCUT2D eigenvalue weighted by molar-refractivity contribution is 6.32. The zero-order valence-electron chi connectivity index (χ0n) is 9.31. The van der Waals surface area contributed by atoms with Crippen LogP contribution in [-0.4, -0.2) is 21.3 Å². The number of rotatable bonds is 3. The molecule has 0 aliphatic heterocycles. The molecule has 0 bridgehead atoms. The first-order valence-electron chi connectivity index (χ1n) is 5.60. The van der Waals surface area contributed by atoms with Gasteiger partial charge in [-0.3, -0.25) is 0 Å². The molecular formula is C12H13ClN4. The van der Waals surface area contributed by atoms with Gasteiger partial charge in [0.1, 0.15) is 12.7 Å². The molecule has 88 valence electrons. The van der Waals surface area contributed by atoms with Crippen molar-refractivity contribution in [3.05, 3.63) is 41.4 Å². The van der Waals surface area contributed by atoms with Crippen LogP contribution in [0.25, 0.3) is 5.69 Å². The van der Waals surface area contributed by atoms with E-state index in [0.717, 1.165) is 18.5 Å². The number of hydrogen-bond donors (Lipinski definition) is 1. The summed E-state index contributed by atoms with van der Waals surface area (Å²) in [5.41, 5.74) is 8.06. The minimum absolute atomic E-state index is 0.171. The molecule has 0 radical (unpaired) electrons. The molecule has 0 atom stereocenters. The molecule has 17 heavy (non-hydrogen) atoms. The van der Waals surface area contributed by atoms with Gasteiger partial charge in [-0.25, -0.2) is 9.67 Å². The third-order valence-electron chi connectivity index (χ3n) is 3.47. The third-order valence-corrected chi connectivity index (χ3v) is 3.77. The zero-order chi connectivity index (χ0) is 11.9. The fraction of sp³-hybridized carbons (Fsp3) is 0.333. The Morgan fingerprint density at radius 2 is 2.24 bits per heavy atom. The van der Waals surface area contributed by atoms with Gasteiger partial charge in [0.25, 0.3) is 0 Å². The van der Waals surface area contributed by atoms with E-state index in [2.05, 4.69) is 16.1 Å². The minimum Gasteiger partial charge on any atom is -0.330 e. The summed E-state index contributed by atoms with van der Waals surface area (Å²) in [5.74, 6) is 0. The standard InChI is InChI=1S/C12H13ClN4/c13-10-5-9(12(6-14)3-4-12)1-2-11(10)17-8-15-7-16-17/h1-2,5,7-8H,3-4,6,14H2. The van der Waals surface area contributed by atoms with Crippen LogP contribution in [-0.2, 0) is 5.41 Å². The van der Waals surface area contributed by atoms with Crippen molar-refractivity contribution in [1.29, 1.82) is 0 Å². The maximum absolute atomic E-state index is 6.28. The zero-order valence-corrected chi connectivity index (χ0v) is 10.1. The Labute approximate surface area is 104 Å². The summed E-state index contributed by atoms with van der Waals surface area (Å²) in [4.78, 5) is 3.91. The maximum Gasteiger partial charge on any atom is 0.138 e. The number of halogens is 1. The maximum atomic E-state index is 6.28. The molecule has 1 heterocycles. The highest BCUT2D eigenvalue weighted by atomic mass is 35.5. The number of nitrogens with two attached hydrogens (primary N) is 1. The molecular weight excluding hydrogens is 236 g/mol. The van der Waals surface area contributed by atoms with Gasteiger partial charge < -0.3 is 5.73 Å². The summed E-state index contributed by atoms with van der Waals surface area (Å²) in [6, 6.07) is 6.06. The molecule has 0 saturated heterocycles. The minimum atomic E-state index is 0.171. The molecule has 0 spiro atoms. The van der Waals surface area contributed by atoms with Crippen molar-refractivity contribution in [2.75, 3.05) is 6.54 Å². The summed E-state index contributed by atoms with van der Waals surface area (Å²) in [6.45, 7) is 0.687. The predicted molar refractivity (Wildman–Crippen MR) is 66.3 cm³/mol. The fourth-order valence-corrected chi connectivity index (χ4v) is 2.38. The van der Waals surface area contributed by atoms with Gasteiger partial charge in [-0.2, -0.15) is 5.10 Å². The normalized spacial score (nSPS) is 17.1. The Hall–Kier alpha value is -1.39. The van der Waals surface area contributed by atoms with Gasteiger partial charge >= 0.3 is 0 Å². The van der Waals surface area contributed by atoms with Crippen LogP contribution in [0.5, 0.6) is 0 Å². The van der Waals surface area contributed by atoms with Crippen molar-refractivity contribution in [2.45, 2.75) is 18.3 Å². The van der Waals surface area contributed by atoms with Crippen LogP contribution in [0.4, 0.5) is 0 Å². The van der Waals surface area contributed by atoms with E-state index in [-0.39, 0.29) is 5.41 Å². The van der Waals surface area contributed by atoms with Crippen LogP contribution in [0.15, 0.2) is 30.9 Å². The lowest BCUT2D eigenvalue weighted by Crippen LogP contribution is -2.19. The number of aromatic nitrogens is 3. The second kappa shape index (κ2) is 3.82. The van der Waals surface area contributed by atoms with E-state index in [1.807, 2.05) is 12.1 Å². The molecule has 4 nitrogen and oxygen atoms in total. The molecule has 1 aromatic heterocycles. The van der Waals surface area contributed by atoms with Gasteiger partial charge in [0, 0.05) is 12.0 Å². The van der Waals surface area contributed by atoms with E-state index in [4.69, 9.17) is 17.3 Å². The monoisotopic (exact) mass is 248 g/mol. The second-order valence-electron chi connectivity index (χ2n) is 4.49. The molecule has 0 unspecified atom stereocenters. The average Bonchev–Trinajstić information content (AvgIpc) is 2.97. The molecule has 3 rings (SSSR count). The van der Waals surface area contributed by atoms with Crippen molar-refractivity contribution >= 4 is 11.6 Å². The average molecular weight is 249 g/mol. The van der Waals surface area contributed by atoms with Crippen molar-refractivity contribution in [2.24, 2.45) is 5.73 Å². The fourth-order valence-electron chi connectivity index (χ4n) is 2.12.